The molecular formula is C18H21FN2O3. The van der Waals surface area contributed by atoms with Crippen LogP contribution in [0.25, 0.3) is 0 Å². The first-order valence-corrected chi connectivity index (χ1v) is 8.05. The molecule has 3 rings (SSSR count). The van der Waals surface area contributed by atoms with Gasteiger partial charge in [-0.1, -0.05) is 6.07 Å². The van der Waals surface area contributed by atoms with Gasteiger partial charge in [0.15, 0.2) is 0 Å². The van der Waals surface area contributed by atoms with Crippen molar-refractivity contribution < 1.29 is 18.7 Å². The smallest absolute Gasteiger partial charge is 0.315 e. The number of fused-ring (bicyclic) bond motifs is 1. The number of furan rings is 1. The van der Waals surface area contributed by atoms with Gasteiger partial charge in [-0.25, -0.2) is 9.18 Å². The number of carbonyl (C=O) groups is 1. The van der Waals surface area contributed by atoms with E-state index < -0.39 is 11.6 Å². The van der Waals surface area contributed by atoms with Crippen LogP contribution in [0, 0.1) is 5.82 Å². The maximum atomic E-state index is 13.5. The number of hydrogen-bond donors (Lipinski definition) is 3. The maximum absolute atomic E-state index is 13.5. The summed E-state index contributed by atoms with van der Waals surface area (Å²) < 4.78 is 18.7. The Morgan fingerprint density at radius 1 is 1.46 bits per heavy atom. The Morgan fingerprint density at radius 3 is 3.04 bits per heavy atom. The lowest BCUT2D eigenvalue weighted by Gasteiger charge is -2.27. The molecule has 1 aromatic carbocycles. The van der Waals surface area contributed by atoms with Crippen molar-refractivity contribution in [2.24, 2.45) is 0 Å². The summed E-state index contributed by atoms with van der Waals surface area (Å²) in [4.78, 5) is 12.2. The largest absolute Gasteiger partial charge is 0.466 e. The van der Waals surface area contributed by atoms with E-state index in [9.17, 15) is 14.3 Å². The van der Waals surface area contributed by atoms with E-state index >= 15 is 0 Å². The quantitative estimate of drug-likeness (QED) is 0.806. The Hall–Kier alpha value is -2.34. The lowest BCUT2D eigenvalue weighted by atomic mass is 9.87. The van der Waals surface area contributed by atoms with Gasteiger partial charge in [0.25, 0.3) is 0 Å². The van der Waals surface area contributed by atoms with E-state index in [1.165, 1.54) is 18.4 Å². The van der Waals surface area contributed by atoms with E-state index in [0.29, 0.717) is 5.76 Å². The Bertz CT molecular complexity index is 713. The Balaban J connectivity index is 1.61. The average molecular weight is 332 g/mol. The molecular weight excluding hydrogens is 311 g/mol. The van der Waals surface area contributed by atoms with Crippen LogP contribution in [0.5, 0.6) is 0 Å². The van der Waals surface area contributed by atoms with Gasteiger partial charge in [0.2, 0.25) is 0 Å². The summed E-state index contributed by atoms with van der Waals surface area (Å²) in [6.07, 6.45) is 4.06. The Labute approximate surface area is 139 Å². The molecule has 2 unspecified atom stereocenters. The van der Waals surface area contributed by atoms with Crippen molar-refractivity contribution in [1.29, 1.82) is 0 Å². The number of aryl methyl sites for hydroxylation is 1. The summed E-state index contributed by atoms with van der Waals surface area (Å²) >= 11 is 0. The second-order valence-corrected chi connectivity index (χ2v) is 6.37. The summed E-state index contributed by atoms with van der Waals surface area (Å²) in [6.45, 7) is 1.58. The number of rotatable bonds is 4. The first-order valence-electron chi connectivity index (χ1n) is 8.05. The molecule has 0 spiro atoms. The molecule has 2 amide bonds. The first kappa shape index (κ1) is 16.5. The maximum Gasteiger partial charge on any atom is 0.315 e. The second kappa shape index (κ2) is 6.65. The molecule has 0 fully saturated rings. The van der Waals surface area contributed by atoms with Crippen LogP contribution in [0.1, 0.15) is 42.7 Å². The van der Waals surface area contributed by atoms with Crippen molar-refractivity contribution in [2.45, 2.75) is 37.8 Å². The van der Waals surface area contributed by atoms with Crippen molar-refractivity contribution in [1.82, 2.24) is 10.6 Å². The monoisotopic (exact) mass is 332 g/mol. The third-order valence-electron chi connectivity index (χ3n) is 4.37. The molecule has 5 nitrogen and oxygen atoms in total. The molecule has 0 aliphatic heterocycles. The minimum absolute atomic E-state index is 0.00900. The zero-order valence-electron chi connectivity index (χ0n) is 13.5. The second-order valence-electron chi connectivity index (χ2n) is 6.37. The average Bonchev–Trinajstić information content (AvgIpc) is 3.09. The highest BCUT2D eigenvalue weighted by Gasteiger charge is 2.28. The van der Waals surface area contributed by atoms with Gasteiger partial charge in [0, 0.05) is 0 Å². The van der Waals surface area contributed by atoms with Crippen molar-refractivity contribution in [3.05, 3.63) is 59.3 Å². The third kappa shape index (κ3) is 3.59. The molecule has 2 aromatic rings. The highest BCUT2D eigenvalue weighted by molar-refractivity contribution is 5.74. The van der Waals surface area contributed by atoms with Gasteiger partial charge in [-0.05, 0) is 61.6 Å². The van der Waals surface area contributed by atoms with E-state index in [1.54, 1.807) is 25.1 Å². The molecule has 0 saturated heterocycles. The van der Waals surface area contributed by atoms with E-state index in [-0.39, 0.29) is 18.4 Å². The molecule has 1 heterocycles. The van der Waals surface area contributed by atoms with Crippen LogP contribution in [0.4, 0.5) is 9.18 Å². The SMILES string of the molecule is CC(O)(CNC(=O)NC1CCCc2ccc(F)cc21)c1ccco1. The van der Waals surface area contributed by atoms with Crippen LogP contribution in [0.3, 0.4) is 0 Å². The predicted octanol–water partition coefficient (Wildman–Crippen LogP) is 3.00. The van der Waals surface area contributed by atoms with E-state index in [2.05, 4.69) is 10.6 Å². The number of halogens is 1. The molecule has 1 aliphatic rings. The van der Waals surface area contributed by atoms with Gasteiger partial charge in [-0.15, -0.1) is 0 Å². The zero-order chi connectivity index (χ0) is 17.2. The Morgan fingerprint density at radius 2 is 2.29 bits per heavy atom. The summed E-state index contributed by atoms with van der Waals surface area (Å²) in [5.41, 5.74) is 0.599. The molecule has 0 bridgehead atoms. The third-order valence-corrected chi connectivity index (χ3v) is 4.37. The highest BCUT2D eigenvalue weighted by Crippen LogP contribution is 2.30. The number of benzene rings is 1. The van der Waals surface area contributed by atoms with E-state index in [1.807, 2.05) is 0 Å². The zero-order valence-corrected chi connectivity index (χ0v) is 13.5. The minimum Gasteiger partial charge on any atom is -0.466 e. The van der Waals surface area contributed by atoms with Crippen molar-refractivity contribution in [3.8, 4) is 0 Å². The molecule has 1 aromatic heterocycles. The van der Waals surface area contributed by atoms with E-state index in [0.717, 1.165) is 30.4 Å². The molecule has 128 valence electrons. The van der Waals surface area contributed by atoms with Gasteiger partial charge < -0.3 is 20.2 Å². The number of amides is 2. The van der Waals surface area contributed by atoms with Gasteiger partial charge in [-0.3, -0.25) is 0 Å². The molecule has 2 atom stereocenters. The number of carbonyl (C=O) groups excluding carboxylic acids is 1. The van der Waals surface area contributed by atoms with Gasteiger partial charge in [0.05, 0.1) is 18.8 Å². The fourth-order valence-electron chi connectivity index (χ4n) is 3.05. The summed E-state index contributed by atoms with van der Waals surface area (Å²) in [5.74, 6) is 0.0801. The van der Waals surface area contributed by atoms with Crippen molar-refractivity contribution in [2.75, 3.05) is 6.54 Å². The van der Waals surface area contributed by atoms with Gasteiger partial charge >= 0.3 is 6.03 Å². The fourth-order valence-corrected chi connectivity index (χ4v) is 3.05. The minimum atomic E-state index is -1.29. The lowest BCUT2D eigenvalue weighted by Crippen LogP contribution is -2.44. The first-order chi connectivity index (χ1) is 11.5. The molecule has 0 saturated carbocycles. The van der Waals surface area contributed by atoms with Crippen molar-refractivity contribution >= 4 is 6.03 Å². The molecule has 0 radical (unpaired) electrons. The normalized spacial score (nSPS) is 19.2. The Kier molecular flexibility index (Phi) is 4.57. The lowest BCUT2D eigenvalue weighted by molar-refractivity contribution is 0.0366. The fraction of sp³-hybridized carbons (Fsp3) is 0.389. The van der Waals surface area contributed by atoms with Crippen LogP contribution >= 0.6 is 0 Å². The number of hydrogen-bond acceptors (Lipinski definition) is 3. The summed E-state index contributed by atoms with van der Waals surface area (Å²) in [7, 11) is 0. The van der Waals surface area contributed by atoms with Crippen LogP contribution in [-0.2, 0) is 12.0 Å². The number of urea groups is 1. The predicted molar refractivity (Wildman–Crippen MR) is 86.9 cm³/mol. The summed E-state index contributed by atoms with van der Waals surface area (Å²) in [6, 6.07) is 7.41. The van der Waals surface area contributed by atoms with Crippen LogP contribution in [-0.4, -0.2) is 17.7 Å². The van der Waals surface area contributed by atoms with Gasteiger partial charge in [-0.2, -0.15) is 0 Å². The molecule has 1 aliphatic carbocycles. The standard InChI is InChI=1S/C18H21FN2O3/c1-18(23,16-6-3-9-24-16)11-20-17(22)21-15-5-2-4-12-7-8-13(19)10-14(12)15/h3,6-10,15,23H,2,4-5,11H2,1H3,(H2,20,21,22). The van der Waals surface area contributed by atoms with Gasteiger partial charge in [0.1, 0.15) is 17.2 Å². The van der Waals surface area contributed by atoms with Crippen LogP contribution < -0.4 is 10.6 Å². The van der Waals surface area contributed by atoms with E-state index in [4.69, 9.17) is 4.42 Å². The summed E-state index contributed by atoms with van der Waals surface area (Å²) in [5, 5.41) is 15.8. The van der Waals surface area contributed by atoms with Crippen molar-refractivity contribution in [3.63, 3.8) is 0 Å². The molecule has 24 heavy (non-hydrogen) atoms. The number of aliphatic hydroxyl groups is 1. The molecule has 3 N–H and O–H groups in total. The topological polar surface area (TPSA) is 74.5 Å². The van der Waals surface area contributed by atoms with Crippen LogP contribution in [0.15, 0.2) is 41.0 Å². The highest BCUT2D eigenvalue weighted by atomic mass is 19.1. The van der Waals surface area contributed by atoms with Crippen LogP contribution in [0.2, 0.25) is 0 Å². The number of nitrogens with one attached hydrogen (secondary N) is 2. The molecule has 6 heteroatoms.